The SMILES string of the molecule is CC1CCN(c2ccc(Nc3cnnc(Nc4ccccc4F)n3)cc2)CC1. The maximum atomic E-state index is 13.8. The topological polar surface area (TPSA) is 66.0 Å². The quantitative estimate of drug-likeness (QED) is 0.669. The molecule has 2 N–H and O–H groups in total. The zero-order valence-corrected chi connectivity index (χ0v) is 15.8. The Bertz CT molecular complexity index is 922. The second kappa shape index (κ2) is 8.21. The number of hydrogen-bond donors (Lipinski definition) is 2. The molecule has 4 rings (SSSR count). The summed E-state index contributed by atoms with van der Waals surface area (Å²) in [6.07, 6.45) is 4.02. The Kier molecular flexibility index (Phi) is 5.32. The molecule has 0 unspecified atom stereocenters. The number of halogens is 1. The fourth-order valence-corrected chi connectivity index (χ4v) is 3.27. The third-order valence-electron chi connectivity index (χ3n) is 4.97. The van der Waals surface area contributed by atoms with Gasteiger partial charge in [-0.1, -0.05) is 19.1 Å². The molecule has 0 bridgehead atoms. The van der Waals surface area contributed by atoms with E-state index in [-0.39, 0.29) is 11.8 Å². The van der Waals surface area contributed by atoms with Crippen LogP contribution in [0.15, 0.2) is 54.7 Å². The number of nitrogens with one attached hydrogen (secondary N) is 2. The highest BCUT2D eigenvalue weighted by Gasteiger charge is 2.15. The van der Waals surface area contributed by atoms with Crippen LogP contribution in [-0.4, -0.2) is 28.3 Å². The molecule has 0 amide bonds. The summed E-state index contributed by atoms with van der Waals surface area (Å²) in [6.45, 7) is 4.53. The van der Waals surface area contributed by atoms with E-state index in [4.69, 9.17) is 0 Å². The van der Waals surface area contributed by atoms with Gasteiger partial charge in [-0.15, -0.1) is 5.10 Å². The molecular formula is C21H23FN6. The highest BCUT2D eigenvalue weighted by molar-refractivity contribution is 5.62. The van der Waals surface area contributed by atoms with Gasteiger partial charge in [0, 0.05) is 24.5 Å². The molecule has 1 aliphatic rings. The van der Waals surface area contributed by atoms with Crippen molar-refractivity contribution in [1.82, 2.24) is 15.2 Å². The summed E-state index contributed by atoms with van der Waals surface area (Å²) in [6, 6.07) is 14.7. The minimum atomic E-state index is -0.368. The second-order valence-electron chi connectivity index (χ2n) is 7.11. The molecule has 1 aromatic heterocycles. The zero-order valence-electron chi connectivity index (χ0n) is 15.8. The highest BCUT2D eigenvalue weighted by Crippen LogP contribution is 2.25. The van der Waals surface area contributed by atoms with Crippen molar-refractivity contribution in [1.29, 1.82) is 0 Å². The third kappa shape index (κ3) is 4.36. The first-order chi connectivity index (χ1) is 13.7. The lowest BCUT2D eigenvalue weighted by Gasteiger charge is -2.32. The van der Waals surface area contributed by atoms with Crippen molar-refractivity contribution in [2.45, 2.75) is 19.8 Å². The first kappa shape index (κ1) is 18.2. The molecule has 28 heavy (non-hydrogen) atoms. The van der Waals surface area contributed by atoms with Crippen LogP contribution in [0.25, 0.3) is 0 Å². The van der Waals surface area contributed by atoms with Gasteiger partial charge >= 0.3 is 0 Å². The number of nitrogens with zero attached hydrogens (tertiary/aromatic N) is 4. The minimum Gasteiger partial charge on any atom is -0.372 e. The van der Waals surface area contributed by atoms with Crippen LogP contribution in [0.5, 0.6) is 0 Å². The van der Waals surface area contributed by atoms with E-state index in [2.05, 4.69) is 49.8 Å². The predicted molar refractivity (Wildman–Crippen MR) is 110 cm³/mol. The molecule has 0 aliphatic carbocycles. The molecule has 2 aromatic carbocycles. The van der Waals surface area contributed by atoms with E-state index in [1.807, 2.05) is 12.1 Å². The summed E-state index contributed by atoms with van der Waals surface area (Å²) < 4.78 is 13.8. The van der Waals surface area contributed by atoms with E-state index in [1.165, 1.54) is 30.8 Å². The van der Waals surface area contributed by atoms with Gasteiger partial charge in [0.25, 0.3) is 0 Å². The maximum Gasteiger partial charge on any atom is 0.249 e. The van der Waals surface area contributed by atoms with Crippen LogP contribution >= 0.6 is 0 Å². The molecule has 1 fully saturated rings. The normalized spacial score (nSPS) is 14.7. The number of para-hydroxylation sites is 1. The lowest BCUT2D eigenvalue weighted by atomic mass is 9.99. The van der Waals surface area contributed by atoms with Crippen LogP contribution in [0.2, 0.25) is 0 Å². The summed E-state index contributed by atoms with van der Waals surface area (Å²) in [5, 5.41) is 13.9. The Morgan fingerprint density at radius 2 is 1.75 bits per heavy atom. The van der Waals surface area contributed by atoms with Crippen LogP contribution in [0.1, 0.15) is 19.8 Å². The molecule has 1 aliphatic heterocycles. The molecular weight excluding hydrogens is 355 g/mol. The van der Waals surface area contributed by atoms with Gasteiger partial charge in [-0.05, 0) is 55.2 Å². The first-order valence-corrected chi connectivity index (χ1v) is 9.51. The van der Waals surface area contributed by atoms with E-state index < -0.39 is 0 Å². The summed E-state index contributed by atoms with van der Waals surface area (Å²) >= 11 is 0. The van der Waals surface area contributed by atoms with E-state index in [0.717, 1.165) is 24.7 Å². The highest BCUT2D eigenvalue weighted by atomic mass is 19.1. The molecule has 1 saturated heterocycles. The number of piperidine rings is 1. The van der Waals surface area contributed by atoms with Gasteiger partial charge in [-0.25, -0.2) is 4.39 Å². The van der Waals surface area contributed by atoms with Crippen molar-refractivity contribution in [3.8, 4) is 0 Å². The molecule has 0 saturated carbocycles. The largest absolute Gasteiger partial charge is 0.372 e. The first-order valence-electron chi connectivity index (χ1n) is 9.51. The fraction of sp³-hybridized carbons (Fsp3) is 0.286. The Balaban J connectivity index is 1.42. The summed E-state index contributed by atoms with van der Waals surface area (Å²) in [5.74, 6) is 1.21. The van der Waals surface area contributed by atoms with E-state index >= 15 is 0 Å². The molecule has 2 heterocycles. The Hall–Kier alpha value is -3.22. The molecule has 0 atom stereocenters. The Morgan fingerprint density at radius 1 is 1.00 bits per heavy atom. The number of aromatic nitrogens is 3. The summed E-state index contributed by atoms with van der Waals surface area (Å²) in [5.41, 5.74) is 2.45. The van der Waals surface area contributed by atoms with E-state index in [9.17, 15) is 4.39 Å². The van der Waals surface area contributed by atoms with Crippen molar-refractivity contribution in [3.05, 3.63) is 60.5 Å². The molecule has 0 radical (unpaired) electrons. The van der Waals surface area contributed by atoms with E-state index in [0.29, 0.717) is 11.5 Å². The average molecular weight is 378 g/mol. The lowest BCUT2D eigenvalue weighted by molar-refractivity contribution is 0.438. The molecule has 0 spiro atoms. The van der Waals surface area contributed by atoms with Gasteiger partial charge in [0.2, 0.25) is 5.95 Å². The standard InChI is InChI=1S/C21H23FN6/c1-15-10-12-28(13-11-15)17-8-6-16(7-9-17)24-20-14-23-27-21(26-20)25-19-5-3-2-4-18(19)22/h2-9,14-15H,10-13H2,1H3,(H2,24,25,26,27). The van der Waals surface area contributed by atoms with Gasteiger partial charge in [0.1, 0.15) is 5.82 Å². The predicted octanol–water partition coefficient (Wildman–Crippen LogP) is 4.73. The smallest absolute Gasteiger partial charge is 0.249 e. The van der Waals surface area contributed by atoms with Crippen molar-refractivity contribution in [2.24, 2.45) is 5.92 Å². The Morgan fingerprint density at radius 3 is 2.50 bits per heavy atom. The maximum absolute atomic E-state index is 13.8. The number of anilines is 5. The van der Waals surface area contributed by atoms with Crippen molar-refractivity contribution < 1.29 is 4.39 Å². The fourth-order valence-electron chi connectivity index (χ4n) is 3.27. The molecule has 6 nitrogen and oxygen atoms in total. The minimum absolute atomic E-state index is 0.231. The average Bonchev–Trinajstić information content (AvgIpc) is 2.71. The molecule has 7 heteroatoms. The van der Waals surface area contributed by atoms with Crippen molar-refractivity contribution in [3.63, 3.8) is 0 Å². The van der Waals surface area contributed by atoms with Crippen LogP contribution < -0.4 is 15.5 Å². The van der Waals surface area contributed by atoms with Crippen LogP contribution in [0, 0.1) is 11.7 Å². The second-order valence-corrected chi connectivity index (χ2v) is 7.11. The van der Waals surface area contributed by atoms with E-state index in [1.54, 1.807) is 18.2 Å². The van der Waals surface area contributed by atoms with Crippen molar-refractivity contribution in [2.75, 3.05) is 28.6 Å². The van der Waals surface area contributed by atoms with Crippen LogP contribution in [-0.2, 0) is 0 Å². The summed E-state index contributed by atoms with van der Waals surface area (Å²) in [4.78, 5) is 6.78. The third-order valence-corrected chi connectivity index (χ3v) is 4.97. The lowest BCUT2D eigenvalue weighted by Crippen LogP contribution is -2.32. The van der Waals surface area contributed by atoms with Crippen LogP contribution in [0.4, 0.5) is 33.2 Å². The van der Waals surface area contributed by atoms with Gasteiger partial charge in [0.15, 0.2) is 5.82 Å². The molecule has 3 aromatic rings. The molecule has 144 valence electrons. The van der Waals surface area contributed by atoms with Crippen molar-refractivity contribution >= 4 is 28.8 Å². The number of benzene rings is 2. The zero-order chi connectivity index (χ0) is 19.3. The van der Waals surface area contributed by atoms with Gasteiger partial charge < -0.3 is 15.5 Å². The van der Waals surface area contributed by atoms with Gasteiger partial charge in [-0.2, -0.15) is 10.1 Å². The Labute approximate surface area is 163 Å². The number of hydrogen-bond acceptors (Lipinski definition) is 6. The summed E-state index contributed by atoms with van der Waals surface area (Å²) in [7, 11) is 0. The number of rotatable bonds is 5. The monoisotopic (exact) mass is 378 g/mol. The van der Waals surface area contributed by atoms with Gasteiger partial charge in [0.05, 0.1) is 11.9 Å². The van der Waals surface area contributed by atoms with Gasteiger partial charge in [-0.3, -0.25) is 0 Å². The van der Waals surface area contributed by atoms with Crippen LogP contribution in [0.3, 0.4) is 0 Å².